The summed E-state index contributed by atoms with van der Waals surface area (Å²) in [6.07, 6.45) is -0.0308. The third-order valence-electron chi connectivity index (χ3n) is 4.46. The summed E-state index contributed by atoms with van der Waals surface area (Å²) in [5, 5.41) is 7.24. The van der Waals surface area contributed by atoms with E-state index in [1.807, 2.05) is 38.1 Å². The first-order valence-electron chi connectivity index (χ1n) is 9.16. The number of amides is 1. The highest BCUT2D eigenvalue weighted by atomic mass is 19.1. The number of aromatic nitrogens is 2. The maximum Gasteiger partial charge on any atom is 0.310 e. The second-order valence-corrected chi connectivity index (χ2v) is 6.81. The molecule has 1 heterocycles. The minimum atomic E-state index is -0.560. The van der Waals surface area contributed by atoms with Crippen LogP contribution in [0.4, 0.5) is 10.1 Å². The zero-order chi connectivity index (χ0) is 21.0. The maximum atomic E-state index is 12.9. The van der Waals surface area contributed by atoms with Crippen molar-refractivity contribution in [2.45, 2.75) is 27.2 Å². The lowest BCUT2D eigenvalue weighted by Crippen LogP contribution is -2.22. The Hall–Kier alpha value is -3.48. The lowest BCUT2D eigenvalue weighted by atomic mass is 10.1. The van der Waals surface area contributed by atoms with Crippen molar-refractivity contribution in [1.29, 1.82) is 0 Å². The number of aryl methyl sites for hydroxylation is 2. The van der Waals surface area contributed by atoms with Gasteiger partial charge in [-0.3, -0.25) is 9.59 Å². The van der Waals surface area contributed by atoms with Crippen LogP contribution >= 0.6 is 0 Å². The molecule has 0 radical (unpaired) electrons. The minimum Gasteiger partial charge on any atom is -0.455 e. The molecule has 0 aliphatic rings. The molecule has 0 atom stereocenters. The van der Waals surface area contributed by atoms with Crippen molar-refractivity contribution in [3.05, 3.63) is 76.9 Å². The minimum absolute atomic E-state index is 0.0308. The molecule has 1 amide bonds. The largest absolute Gasteiger partial charge is 0.455 e. The molecule has 7 heteroatoms. The Labute approximate surface area is 168 Å². The van der Waals surface area contributed by atoms with Crippen molar-refractivity contribution in [3.8, 4) is 5.69 Å². The number of esters is 1. The first kappa shape index (κ1) is 20.3. The molecule has 0 aliphatic heterocycles. The van der Waals surface area contributed by atoms with Gasteiger partial charge < -0.3 is 10.1 Å². The van der Waals surface area contributed by atoms with Gasteiger partial charge in [0.2, 0.25) is 0 Å². The fourth-order valence-electron chi connectivity index (χ4n) is 2.90. The molecule has 3 aromatic rings. The zero-order valence-corrected chi connectivity index (χ0v) is 16.5. The first-order valence-corrected chi connectivity index (χ1v) is 9.16. The highest BCUT2D eigenvalue weighted by Gasteiger charge is 2.16. The van der Waals surface area contributed by atoms with Crippen LogP contribution in [-0.2, 0) is 20.7 Å². The Kier molecular flexibility index (Phi) is 6.07. The van der Waals surface area contributed by atoms with Gasteiger partial charge in [-0.1, -0.05) is 29.8 Å². The van der Waals surface area contributed by atoms with Gasteiger partial charge in [-0.05, 0) is 50.6 Å². The van der Waals surface area contributed by atoms with Crippen LogP contribution in [0.2, 0.25) is 0 Å². The van der Waals surface area contributed by atoms with E-state index in [1.165, 1.54) is 24.3 Å². The predicted molar refractivity (Wildman–Crippen MR) is 107 cm³/mol. The normalized spacial score (nSPS) is 10.6. The molecule has 0 saturated carbocycles. The molecule has 0 fully saturated rings. The van der Waals surface area contributed by atoms with Crippen molar-refractivity contribution in [3.63, 3.8) is 0 Å². The van der Waals surface area contributed by atoms with Crippen LogP contribution in [0.1, 0.15) is 22.5 Å². The standard InChI is InChI=1S/C22H22FN3O3/c1-14-4-10-19(11-5-14)26-16(3)22(15(2)25-26)24-20(27)13-29-21(28)12-17-6-8-18(23)9-7-17/h4-11H,12-13H2,1-3H3,(H,24,27). The van der Waals surface area contributed by atoms with Gasteiger partial charge in [0, 0.05) is 0 Å². The molecule has 0 saturated heterocycles. The fraction of sp³-hybridized carbons (Fsp3) is 0.227. The molecular weight excluding hydrogens is 373 g/mol. The molecule has 0 spiro atoms. The van der Waals surface area contributed by atoms with Crippen molar-refractivity contribution >= 4 is 17.6 Å². The van der Waals surface area contributed by atoms with Gasteiger partial charge in [0.1, 0.15) is 5.82 Å². The summed E-state index contributed by atoms with van der Waals surface area (Å²) in [6, 6.07) is 13.4. The molecule has 150 valence electrons. The van der Waals surface area contributed by atoms with Crippen LogP contribution in [0.3, 0.4) is 0 Å². The van der Waals surface area contributed by atoms with Crippen LogP contribution in [0, 0.1) is 26.6 Å². The van der Waals surface area contributed by atoms with Crippen molar-refractivity contribution in [1.82, 2.24) is 9.78 Å². The molecular formula is C22H22FN3O3. The van der Waals surface area contributed by atoms with Crippen LogP contribution in [-0.4, -0.2) is 28.3 Å². The number of benzene rings is 2. The highest BCUT2D eigenvalue weighted by Crippen LogP contribution is 2.23. The molecule has 2 aromatic carbocycles. The van der Waals surface area contributed by atoms with E-state index in [0.29, 0.717) is 16.9 Å². The van der Waals surface area contributed by atoms with E-state index in [4.69, 9.17) is 4.74 Å². The lowest BCUT2D eigenvalue weighted by molar-refractivity contribution is -0.146. The predicted octanol–water partition coefficient (Wildman–Crippen LogP) is 3.66. The summed E-state index contributed by atoms with van der Waals surface area (Å²) in [5.41, 5.74) is 4.67. The van der Waals surface area contributed by atoms with E-state index in [0.717, 1.165) is 16.9 Å². The van der Waals surface area contributed by atoms with Gasteiger partial charge in [-0.2, -0.15) is 5.10 Å². The summed E-state index contributed by atoms with van der Waals surface area (Å²) in [7, 11) is 0. The van der Waals surface area contributed by atoms with Crippen LogP contribution in [0.5, 0.6) is 0 Å². The SMILES string of the molecule is Cc1ccc(-n2nc(C)c(NC(=O)COC(=O)Cc3ccc(F)cc3)c2C)cc1. The number of hydrogen-bond donors (Lipinski definition) is 1. The summed E-state index contributed by atoms with van der Waals surface area (Å²) in [5.74, 6) is -1.39. The number of rotatable bonds is 6. The molecule has 0 bridgehead atoms. The second kappa shape index (κ2) is 8.68. The molecule has 1 aromatic heterocycles. The molecule has 0 aliphatic carbocycles. The summed E-state index contributed by atoms with van der Waals surface area (Å²) < 4.78 is 19.7. The van der Waals surface area contributed by atoms with Gasteiger partial charge in [0.05, 0.1) is 29.2 Å². The average molecular weight is 395 g/mol. The number of halogens is 1. The van der Waals surface area contributed by atoms with E-state index in [2.05, 4.69) is 10.4 Å². The van der Waals surface area contributed by atoms with Gasteiger partial charge in [0.15, 0.2) is 6.61 Å². The Morgan fingerprint density at radius 2 is 1.69 bits per heavy atom. The number of anilines is 1. The number of carbonyl (C=O) groups excluding carboxylic acids is 2. The number of nitrogens with zero attached hydrogens (tertiary/aromatic N) is 2. The Bertz CT molecular complexity index is 1020. The van der Waals surface area contributed by atoms with Crippen molar-refractivity contribution in [2.24, 2.45) is 0 Å². The average Bonchev–Trinajstić information content (AvgIpc) is 2.97. The van der Waals surface area contributed by atoms with Gasteiger partial charge in [0.25, 0.3) is 5.91 Å². The van der Waals surface area contributed by atoms with Gasteiger partial charge in [-0.25, -0.2) is 9.07 Å². The number of ether oxygens (including phenoxy) is 1. The van der Waals surface area contributed by atoms with E-state index in [9.17, 15) is 14.0 Å². The second-order valence-electron chi connectivity index (χ2n) is 6.81. The van der Waals surface area contributed by atoms with Crippen molar-refractivity contribution in [2.75, 3.05) is 11.9 Å². The van der Waals surface area contributed by atoms with Crippen LogP contribution in [0.15, 0.2) is 48.5 Å². The maximum absolute atomic E-state index is 12.9. The molecule has 6 nitrogen and oxygen atoms in total. The van der Waals surface area contributed by atoms with Crippen LogP contribution < -0.4 is 5.32 Å². The number of hydrogen-bond acceptors (Lipinski definition) is 4. The zero-order valence-electron chi connectivity index (χ0n) is 16.5. The molecule has 3 rings (SSSR count). The molecule has 0 unspecified atom stereocenters. The highest BCUT2D eigenvalue weighted by molar-refractivity contribution is 5.94. The summed E-state index contributed by atoms with van der Waals surface area (Å²) in [4.78, 5) is 24.1. The molecule has 1 N–H and O–H groups in total. The fourth-order valence-corrected chi connectivity index (χ4v) is 2.90. The first-order chi connectivity index (χ1) is 13.8. The quantitative estimate of drug-likeness (QED) is 0.647. The van der Waals surface area contributed by atoms with E-state index in [-0.39, 0.29) is 12.2 Å². The lowest BCUT2D eigenvalue weighted by Gasteiger charge is -2.08. The smallest absolute Gasteiger partial charge is 0.310 e. The summed E-state index contributed by atoms with van der Waals surface area (Å²) in [6.45, 7) is 5.26. The summed E-state index contributed by atoms with van der Waals surface area (Å²) >= 11 is 0. The molecule has 29 heavy (non-hydrogen) atoms. The van der Waals surface area contributed by atoms with Crippen molar-refractivity contribution < 1.29 is 18.7 Å². The Morgan fingerprint density at radius 1 is 1.03 bits per heavy atom. The van der Waals surface area contributed by atoms with E-state index >= 15 is 0 Å². The Balaban J connectivity index is 1.59. The monoisotopic (exact) mass is 395 g/mol. The third-order valence-corrected chi connectivity index (χ3v) is 4.46. The third kappa shape index (κ3) is 5.07. The topological polar surface area (TPSA) is 73.2 Å². The number of nitrogens with one attached hydrogen (secondary N) is 1. The number of carbonyl (C=O) groups is 2. The van der Waals surface area contributed by atoms with Crippen LogP contribution in [0.25, 0.3) is 5.69 Å². The van der Waals surface area contributed by atoms with E-state index < -0.39 is 18.5 Å². The van der Waals surface area contributed by atoms with E-state index in [1.54, 1.807) is 11.6 Å². The Morgan fingerprint density at radius 3 is 2.34 bits per heavy atom. The van der Waals surface area contributed by atoms with Gasteiger partial charge in [-0.15, -0.1) is 0 Å². The van der Waals surface area contributed by atoms with Gasteiger partial charge >= 0.3 is 5.97 Å².